The number of esters is 1. The van der Waals surface area contributed by atoms with Crippen molar-refractivity contribution in [1.82, 2.24) is 5.32 Å². The second-order valence-corrected chi connectivity index (χ2v) is 4.37. The standard InChI is InChI=1S/C14H19NO3/c1-3-17-13-7-5-4-6-11(13)10(2)15-12-8-9-18-14(12)16/h4-7,10,12,15H,3,8-9H2,1-2H3. The zero-order valence-electron chi connectivity index (χ0n) is 10.8. The van der Waals surface area contributed by atoms with Gasteiger partial charge in [-0.05, 0) is 19.9 Å². The lowest BCUT2D eigenvalue weighted by Crippen LogP contribution is -2.35. The van der Waals surface area contributed by atoms with Gasteiger partial charge in [0.05, 0.1) is 13.2 Å². The first-order valence-corrected chi connectivity index (χ1v) is 6.36. The van der Waals surface area contributed by atoms with Gasteiger partial charge in [-0.1, -0.05) is 18.2 Å². The summed E-state index contributed by atoms with van der Waals surface area (Å²) in [6.07, 6.45) is 0.736. The van der Waals surface area contributed by atoms with Crippen molar-refractivity contribution < 1.29 is 14.3 Å². The Morgan fingerprint density at radius 2 is 2.28 bits per heavy atom. The molecule has 2 atom stereocenters. The summed E-state index contributed by atoms with van der Waals surface area (Å²) in [5.41, 5.74) is 1.07. The van der Waals surface area contributed by atoms with Gasteiger partial charge in [0.2, 0.25) is 0 Å². The van der Waals surface area contributed by atoms with Crippen LogP contribution >= 0.6 is 0 Å². The molecule has 98 valence electrons. The average molecular weight is 249 g/mol. The van der Waals surface area contributed by atoms with E-state index in [-0.39, 0.29) is 18.1 Å². The van der Waals surface area contributed by atoms with Crippen LogP contribution in [0.15, 0.2) is 24.3 Å². The van der Waals surface area contributed by atoms with Crippen molar-refractivity contribution in [3.05, 3.63) is 29.8 Å². The average Bonchev–Trinajstić information content (AvgIpc) is 2.76. The van der Waals surface area contributed by atoms with Crippen molar-refractivity contribution in [1.29, 1.82) is 0 Å². The molecule has 4 heteroatoms. The van der Waals surface area contributed by atoms with E-state index in [2.05, 4.69) is 5.32 Å². The normalized spacial score (nSPS) is 20.6. The molecule has 0 saturated carbocycles. The lowest BCUT2D eigenvalue weighted by Gasteiger charge is -2.20. The molecule has 0 amide bonds. The summed E-state index contributed by atoms with van der Waals surface area (Å²) in [4.78, 5) is 11.4. The maximum absolute atomic E-state index is 11.4. The molecule has 1 N–H and O–H groups in total. The minimum absolute atomic E-state index is 0.0587. The summed E-state index contributed by atoms with van der Waals surface area (Å²) in [5.74, 6) is 0.710. The maximum atomic E-state index is 11.4. The molecule has 2 unspecified atom stereocenters. The molecule has 1 aliphatic rings. The van der Waals surface area contributed by atoms with Gasteiger partial charge in [-0.15, -0.1) is 0 Å². The number of hydrogen-bond donors (Lipinski definition) is 1. The zero-order chi connectivity index (χ0) is 13.0. The monoisotopic (exact) mass is 249 g/mol. The topological polar surface area (TPSA) is 47.6 Å². The van der Waals surface area contributed by atoms with E-state index >= 15 is 0 Å². The van der Waals surface area contributed by atoms with Crippen LogP contribution < -0.4 is 10.1 Å². The third kappa shape index (κ3) is 2.82. The Hall–Kier alpha value is -1.55. The van der Waals surface area contributed by atoms with E-state index in [1.807, 2.05) is 38.1 Å². The number of carbonyl (C=O) groups excluding carboxylic acids is 1. The maximum Gasteiger partial charge on any atom is 0.323 e. The highest BCUT2D eigenvalue weighted by atomic mass is 16.5. The van der Waals surface area contributed by atoms with Gasteiger partial charge in [0.1, 0.15) is 11.8 Å². The third-order valence-electron chi connectivity index (χ3n) is 3.07. The molecule has 18 heavy (non-hydrogen) atoms. The Morgan fingerprint density at radius 1 is 1.50 bits per heavy atom. The molecule has 2 rings (SSSR count). The Balaban J connectivity index is 2.08. The van der Waals surface area contributed by atoms with E-state index in [1.165, 1.54) is 0 Å². The van der Waals surface area contributed by atoms with Crippen molar-refractivity contribution in [2.45, 2.75) is 32.4 Å². The molecule has 1 aromatic carbocycles. The Bertz CT molecular complexity index is 419. The van der Waals surface area contributed by atoms with Gasteiger partial charge in [0.25, 0.3) is 0 Å². The number of rotatable bonds is 5. The molecule has 1 aliphatic heterocycles. The molecule has 1 aromatic rings. The van der Waals surface area contributed by atoms with Gasteiger partial charge in [-0.25, -0.2) is 0 Å². The van der Waals surface area contributed by atoms with Gasteiger partial charge in [-0.3, -0.25) is 10.1 Å². The SMILES string of the molecule is CCOc1ccccc1C(C)NC1CCOC1=O. The highest BCUT2D eigenvalue weighted by Gasteiger charge is 2.28. The van der Waals surface area contributed by atoms with Crippen LogP contribution in [0.25, 0.3) is 0 Å². The summed E-state index contributed by atoms with van der Waals surface area (Å²) in [6.45, 7) is 5.14. The minimum atomic E-state index is -0.199. The summed E-state index contributed by atoms with van der Waals surface area (Å²) in [6, 6.07) is 7.75. The van der Waals surface area contributed by atoms with Crippen LogP contribution in [0.2, 0.25) is 0 Å². The summed E-state index contributed by atoms with van der Waals surface area (Å²) in [5, 5.41) is 3.29. The first-order chi connectivity index (χ1) is 8.72. The van der Waals surface area contributed by atoms with Gasteiger partial charge in [-0.2, -0.15) is 0 Å². The molecular weight excluding hydrogens is 230 g/mol. The quantitative estimate of drug-likeness (QED) is 0.811. The number of carbonyl (C=O) groups is 1. The lowest BCUT2D eigenvalue weighted by molar-refractivity contribution is -0.139. The Morgan fingerprint density at radius 3 is 2.94 bits per heavy atom. The molecule has 0 aromatic heterocycles. The zero-order valence-corrected chi connectivity index (χ0v) is 10.8. The van der Waals surface area contributed by atoms with Crippen LogP contribution in [-0.4, -0.2) is 25.2 Å². The highest BCUT2D eigenvalue weighted by molar-refractivity contribution is 5.77. The molecule has 1 heterocycles. The highest BCUT2D eigenvalue weighted by Crippen LogP contribution is 2.25. The molecule has 4 nitrogen and oxygen atoms in total. The van der Waals surface area contributed by atoms with E-state index in [4.69, 9.17) is 9.47 Å². The van der Waals surface area contributed by atoms with E-state index in [0.717, 1.165) is 17.7 Å². The van der Waals surface area contributed by atoms with Crippen molar-refractivity contribution >= 4 is 5.97 Å². The van der Waals surface area contributed by atoms with Crippen LogP contribution in [0, 0.1) is 0 Å². The van der Waals surface area contributed by atoms with Crippen LogP contribution in [0.1, 0.15) is 31.9 Å². The predicted octanol–water partition coefficient (Wildman–Crippen LogP) is 2.05. The van der Waals surface area contributed by atoms with Crippen molar-refractivity contribution in [2.75, 3.05) is 13.2 Å². The summed E-state index contributed by atoms with van der Waals surface area (Å²) < 4.78 is 10.5. The lowest BCUT2D eigenvalue weighted by atomic mass is 10.1. The molecule has 0 aliphatic carbocycles. The van der Waals surface area contributed by atoms with E-state index < -0.39 is 0 Å². The molecule has 0 radical (unpaired) electrons. The fraction of sp³-hybridized carbons (Fsp3) is 0.500. The van der Waals surface area contributed by atoms with Gasteiger partial charge in [0.15, 0.2) is 0 Å². The van der Waals surface area contributed by atoms with Crippen molar-refractivity contribution in [3.63, 3.8) is 0 Å². The number of hydrogen-bond acceptors (Lipinski definition) is 4. The first-order valence-electron chi connectivity index (χ1n) is 6.36. The van der Waals surface area contributed by atoms with Crippen molar-refractivity contribution in [3.8, 4) is 5.75 Å². The molecule has 0 bridgehead atoms. The van der Waals surface area contributed by atoms with Crippen LogP contribution in [0.5, 0.6) is 5.75 Å². The molecular formula is C14H19NO3. The Labute approximate surface area is 107 Å². The number of cyclic esters (lactones) is 1. The van der Waals surface area contributed by atoms with E-state index in [1.54, 1.807) is 0 Å². The van der Waals surface area contributed by atoms with E-state index in [0.29, 0.717) is 13.2 Å². The second-order valence-electron chi connectivity index (χ2n) is 4.37. The number of para-hydroxylation sites is 1. The fourth-order valence-electron chi connectivity index (χ4n) is 2.16. The van der Waals surface area contributed by atoms with Crippen LogP contribution in [0.3, 0.4) is 0 Å². The Kier molecular flexibility index (Phi) is 4.20. The van der Waals surface area contributed by atoms with Gasteiger partial charge < -0.3 is 9.47 Å². The molecule has 1 saturated heterocycles. The molecule has 1 fully saturated rings. The fourth-order valence-corrected chi connectivity index (χ4v) is 2.16. The van der Waals surface area contributed by atoms with Crippen molar-refractivity contribution in [2.24, 2.45) is 0 Å². The number of benzene rings is 1. The first kappa shape index (κ1) is 12.9. The minimum Gasteiger partial charge on any atom is -0.494 e. The third-order valence-corrected chi connectivity index (χ3v) is 3.07. The summed E-state index contributed by atoms with van der Waals surface area (Å²) >= 11 is 0. The van der Waals surface area contributed by atoms with Crippen LogP contribution in [-0.2, 0) is 9.53 Å². The summed E-state index contributed by atoms with van der Waals surface area (Å²) in [7, 11) is 0. The smallest absolute Gasteiger partial charge is 0.323 e. The van der Waals surface area contributed by atoms with Crippen LogP contribution in [0.4, 0.5) is 0 Å². The largest absolute Gasteiger partial charge is 0.494 e. The van der Waals surface area contributed by atoms with E-state index in [9.17, 15) is 4.79 Å². The van der Waals surface area contributed by atoms with Gasteiger partial charge in [0, 0.05) is 18.0 Å². The second kappa shape index (κ2) is 5.87. The molecule has 0 spiro atoms. The number of nitrogens with one attached hydrogen (secondary N) is 1. The number of ether oxygens (including phenoxy) is 2. The van der Waals surface area contributed by atoms with Gasteiger partial charge >= 0.3 is 5.97 Å². The predicted molar refractivity (Wildman–Crippen MR) is 68.5 cm³/mol.